The molecule has 0 spiro atoms. The lowest BCUT2D eigenvalue weighted by atomic mass is 10.2. The Morgan fingerprint density at radius 2 is 1.90 bits per heavy atom. The van der Waals surface area contributed by atoms with Gasteiger partial charge in [0.1, 0.15) is 11.0 Å². The third-order valence-corrected chi connectivity index (χ3v) is 3.99. The standard InChI is InChI=1S/C15H14N4OS/c20-15(11-6-7-13-14(10-11)18-19-17-13)16-8-9-21-12-4-2-1-3-5-12/h1-7,10H,8-9H2,(H,16,20)(H,17,18,19). The van der Waals surface area contributed by atoms with Gasteiger partial charge < -0.3 is 5.32 Å². The molecule has 6 heteroatoms. The highest BCUT2D eigenvalue weighted by Crippen LogP contribution is 2.16. The minimum atomic E-state index is -0.0893. The monoisotopic (exact) mass is 298 g/mol. The molecule has 0 aliphatic carbocycles. The summed E-state index contributed by atoms with van der Waals surface area (Å²) in [6, 6.07) is 15.4. The predicted octanol–water partition coefficient (Wildman–Crippen LogP) is 2.48. The number of aromatic amines is 1. The van der Waals surface area contributed by atoms with E-state index in [1.807, 2.05) is 18.2 Å². The van der Waals surface area contributed by atoms with Gasteiger partial charge in [0.2, 0.25) is 0 Å². The lowest BCUT2D eigenvalue weighted by Gasteiger charge is -2.05. The number of carbonyl (C=O) groups is 1. The van der Waals surface area contributed by atoms with E-state index in [0.717, 1.165) is 11.3 Å². The zero-order valence-corrected chi connectivity index (χ0v) is 12.1. The molecule has 3 rings (SSSR count). The fourth-order valence-corrected chi connectivity index (χ4v) is 2.72. The van der Waals surface area contributed by atoms with Crippen molar-refractivity contribution in [2.75, 3.05) is 12.3 Å². The second-order valence-corrected chi connectivity index (χ2v) is 5.61. The minimum absolute atomic E-state index is 0.0893. The summed E-state index contributed by atoms with van der Waals surface area (Å²) in [5, 5.41) is 13.4. The molecular formula is C15H14N4OS. The Hall–Kier alpha value is -2.34. The van der Waals surface area contributed by atoms with Gasteiger partial charge in [-0.1, -0.05) is 18.2 Å². The molecule has 2 aromatic carbocycles. The van der Waals surface area contributed by atoms with Crippen molar-refractivity contribution < 1.29 is 4.79 Å². The van der Waals surface area contributed by atoms with Crippen LogP contribution in [-0.2, 0) is 0 Å². The number of fused-ring (bicyclic) bond motifs is 1. The summed E-state index contributed by atoms with van der Waals surface area (Å²) in [5.74, 6) is 0.746. The van der Waals surface area contributed by atoms with Gasteiger partial charge in [-0.05, 0) is 30.3 Å². The fourth-order valence-electron chi connectivity index (χ4n) is 1.93. The summed E-state index contributed by atoms with van der Waals surface area (Å²) >= 11 is 1.72. The van der Waals surface area contributed by atoms with Gasteiger partial charge in [-0.2, -0.15) is 15.4 Å². The first kappa shape index (κ1) is 13.6. The van der Waals surface area contributed by atoms with Crippen molar-refractivity contribution in [2.45, 2.75) is 4.90 Å². The Morgan fingerprint density at radius 3 is 2.76 bits per heavy atom. The first-order valence-electron chi connectivity index (χ1n) is 6.59. The van der Waals surface area contributed by atoms with E-state index in [9.17, 15) is 4.79 Å². The molecule has 106 valence electrons. The second kappa shape index (κ2) is 6.41. The van der Waals surface area contributed by atoms with Gasteiger partial charge in [0.15, 0.2) is 0 Å². The number of rotatable bonds is 5. The molecule has 0 atom stereocenters. The van der Waals surface area contributed by atoms with Crippen LogP contribution in [0.1, 0.15) is 10.4 Å². The Morgan fingerprint density at radius 1 is 1.10 bits per heavy atom. The van der Waals surface area contributed by atoms with E-state index in [1.165, 1.54) is 4.90 Å². The highest BCUT2D eigenvalue weighted by Gasteiger charge is 2.07. The maximum atomic E-state index is 12.0. The third-order valence-electron chi connectivity index (χ3n) is 2.98. The SMILES string of the molecule is O=C(NCCSc1ccccc1)c1ccc2n[nH]nc2c1. The molecule has 0 saturated carbocycles. The van der Waals surface area contributed by atoms with E-state index >= 15 is 0 Å². The Bertz CT molecular complexity index is 742. The quantitative estimate of drug-likeness (QED) is 0.561. The lowest BCUT2D eigenvalue weighted by molar-refractivity contribution is 0.0956. The van der Waals surface area contributed by atoms with Crippen LogP contribution in [0.4, 0.5) is 0 Å². The van der Waals surface area contributed by atoms with Crippen molar-refractivity contribution in [3.8, 4) is 0 Å². The van der Waals surface area contributed by atoms with Crippen LogP contribution in [0.15, 0.2) is 53.4 Å². The van der Waals surface area contributed by atoms with Crippen LogP contribution in [0.3, 0.4) is 0 Å². The summed E-state index contributed by atoms with van der Waals surface area (Å²) in [6.45, 7) is 0.620. The van der Waals surface area contributed by atoms with Crippen molar-refractivity contribution in [1.29, 1.82) is 0 Å². The molecule has 0 bridgehead atoms. The largest absolute Gasteiger partial charge is 0.351 e. The lowest BCUT2D eigenvalue weighted by Crippen LogP contribution is -2.25. The van der Waals surface area contributed by atoms with Crippen molar-refractivity contribution in [3.63, 3.8) is 0 Å². The van der Waals surface area contributed by atoms with E-state index in [0.29, 0.717) is 17.6 Å². The molecule has 1 heterocycles. The van der Waals surface area contributed by atoms with Crippen molar-refractivity contribution in [1.82, 2.24) is 20.7 Å². The van der Waals surface area contributed by atoms with Gasteiger partial charge in [-0.25, -0.2) is 0 Å². The predicted molar refractivity (Wildman–Crippen MR) is 83.4 cm³/mol. The maximum absolute atomic E-state index is 12.0. The van der Waals surface area contributed by atoms with Gasteiger partial charge in [0.05, 0.1) is 0 Å². The zero-order chi connectivity index (χ0) is 14.5. The maximum Gasteiger partial charge on any atom is 0.251 e. The molecule has 0 radical (unpaired) electrons. The van der Waals surface area contributed by atoms with E-state index in [-0.39, 0.29) is 5.91 Å². The molecule has 2 N–H and O–H groups in total. The average molecular weight is 298 g/mol. The molecule has 0 saturated heterocycles. The van der Waals surface area contributed by atoms with Gasteiger partial charge in [-0.3, -0.25) is 4.79 Å². The Kier molecular flexibility index (Phi) is 4.16. The van der Waals surface area contributed by atoms with Crippen LogP contribution in [0, 0.1) is 0 Å². The number of benzene rings is 2. The molecule has 5 nitrogen and oxygen atoms in total. The number of H-pyrrole nitrogens is 1. The summed E-state index contributed by atoms with van der Waals surface area (Å²) in [6.07, 6.45) is 0. The number of amides is 1. The van der Waals surface area contributed by atoms with Crippen LogP contribution >= 0.6 is 11.8 Å². The molecule has 0 aliphatic heterocycles. The van der Waals surface area contributed by atoms with Crippen LogP contribution in [-0.4, -0.2) is 33.6 Å². The molecule has 1 amide bonds. The van der Waals surface area contributed by atoms with Gasteiger partial charge >= 0.3 is 0 Å². The molecule has 1 aromatic heterocycles. The van der Waals surface area contributed by atoms with Crippen LogP contribution in [0.5, 0.6) is 0 Å². The molecule has 0 unspecified atom stereocenters. The third kappa shape index (κ3) is 3.41. The highest BCUT2D eigenvalue weighted by molar-refractivity contribution is 7.99. The van der Waals surface area contributed by atoms with Crippen LogP contribution < -0.4 is 5.32 Å². The van der Waals surface area contributed by atoms with Crippen LogP contribution in [0.25, 0.3) is 11.0 Å². The Labute approximate surface area is 126 Å². The number of nitrogens with one attached hydrogen (secondary N) is 2. The number of nitrogens with zero attached hydrogens (tertiary/aromatic N) is 2. The summed E-state index contributed by atoms with van der Waals surface area (Å²) in [7, 11) is 0. The minimum Gasteiger partial charge on any atom is -0.351 e. The molecular weight excluding hydrogens is 284 g/mol. The van der Waals surface area contributed by atoms with Crippen molar-refractivity contribution >= 4 is 28.7 Å². The normalized spacial score (nSPS) is 10.7. The van der Waals surface area contributed by atoms with E-state index in [4.69, 9.17) is 0 Å². The Balaban J connectivity index is 1.52. The summed E-state index contributed by atoms with van der Waals surface area (Å²) in [5.41, 5.74) is 2.05. The second-order valence-electron chi connectivity index (χ2n) is 4.44. The average Bonchev–Trinajstić information content (AvgIpc) is 3.00. The number of hydrogen-bond acceptors (Lipinski definition) is 4. The fraction of sp³-hybridized carbons (Fsp3) is 0.133. The number of aromatic nitrogens is 3. The smallest absolute Gasteiger partial charge is 0.251 e. The zero-order valence-electron chi connectivity index (χ0n) is 11.2. The van der Waals surface area contributed by atoms with Gasteiger partial charge in [-0.15, -0.1) is 11.8 Å². The first-order chi connectivity index (χ1) is 10.3. The van der Waals surface area contributed by atoms with Gasteiger partial charge in [0.25, 0.3) is 5.91 Å². The first-order valence-corrected chi connectivity index (χ1v) is 7.58. The molecule has 0 aliphatic rings. The summed E-state index contributed by atoms with van der Waals surface area (Å²) < 4.78 is 0. The molecule has 3 aromatic rings. The van der Waals surface area contributed by atoms with Crippen LogP contribution in [0.2, 0.25) is 0 Å². The number of thioether (sulfide) groups is 1. The van der Waals surface area contributed by atoms with Crippen molar-refractivity contribution in [3.05, 3.63) is 54.1 Å². The van der Waals surface area contributed by atoms with E-state index < -0.39 is 0 Å². The number of hydrogen-bond donors (Lipinski definition) is 2. The van der Waals surface area contributed by atoms with Crippen molar-refractivity contribution in [2.24, 2.45) is 0 Å². The van der Waals surface area contributed by atoms with Gasteiger partial charge in [0, 0.05) is 22.8 Å². The molecule has 21 heavy (non-hydrogen) atoms. The van der Waals surface area contributed by atoms with E-state index in [1.54, 1.807) is 30.0 Å². The summed E-state index contributed by atoms with van der Waals surface area (Å²) in [4.78, 5) is 13.2. The number of carbonyl (C=O) groups excluding carboxylic acids is 1. The molecule has 0 fully saturated rings. The topological polar surface area (TPSA) is 70.7 Å². The van der Waals surface area contributed by atoms with E-state index in [2.05, 4.69) is 32.9 Å². The highest BCUT2D eigenvalue weighted by atomic mass is 32.2.